The van der Waals surface area contributed by atoms with Crippen molar-refractivity contribution in [3.05, 3.63) is 47.0 Å². The van der Waals surface area contributed by atoms with E-state index in [1.165, 1.54) is 21.8 Å². The number of hydrogen-bond acceptors (Lipinski definition) is 4. The number of nitrogens with zero attached hydrogens (tertiary/aromatic N) is 2. The third kappa shape index (κ3) is 4.33. The normalized spacial score (nSPS) is 18.0. The molecule has 1 aromatic heterocycles. The van der Waals surface area contributed by atoms with Crippen LogP contribution in [-0.2, 0) is 11.2 Å². The Hall–Kier alpha value is -1.92. The minimum atomic E-state index is -0.0963. The largest absolute Gasteiger partial charge is 0.374 e. The molecule has 0 bridgehead atoms. The first-order valence-corrected chi connectivity index (χ1v) is 9.10. The maximum atomic E-state index is 12.5. The maximum absolute atomic E-state index is 12.5. The van der Waals surface area contributed by atoms with E-state index in [4.69, 9.17) is 4.74 Å². The highest BCUT2D eigenvalue weighted by Gasteiger charge is 2.25. The lowest BCUT2D eigenvalue weighted by Gasteiger charge is -2.32. The van der Waals surface area contributed by atoms with Gasteiger partial charge in [0, 0.05) is 30.6 Å². The lowest BCUT2D eigenvalue weighted by Crippen LogP contribution is -2.48. The third-order valence-electron chi connectivity index (χ3n) is 4.04. The number of anilines is 1. The van der Waals surface area contributed by atoms with Crippen LogP contribution in [0.2, 0.25) is 0 Å². The zero-order chi connectivity index (χ0) is 16.9. The summed E-state index contributed by atoms with van der Waals surface area (Å²) in [6, 6.07) is 10.1. The van der Waals surface area contributed by atoms with E-state index in [1.54, 1.807) is 0 Å². The quantitative estimate of drug-likeness (QED) is 0.918. The third-order valence-corrected chi connectivity index (χ3v) is 5.25. The van der Waals surface area contributed by atoms with Crippen molar-refractivity contribution in [3.8, 4) is 0 Å². The highest BCUT2D eigenvalue weighted by molar-refractivity contribution is 7.15. The number of carbonyl (C=O) groups excluding carboxylic acids is 1. The van der Waals surface area contributed by atoms with Crippen LogP contribution in [-0.4, -0.2) is 41.7 Å². The molecule has 1 N–H and O–H groups in total. The number of hydrogen-bond donors (Lipinski definition) is 1. The van der Waals surface area contributed by atoms with Crippen molar-refractivity contribution in [2.75, 3.05) is 25.0 Å². The Labute approximate surface area is 146 Å². The van der Waals surface area contributed by atoms with Crippen LogP contribution in [0.1, 0.15) is 30.2 Å². The molecular formula is C18H23N3O2S. The van der Waals surface area contributed by atoms with E-state index in [0.717, 1.165) is 6.42 Å². The smallest absolute Gasteiger partial charge is 0.323 e. The average molecular weight is 345 g/mol. The first kappa shape index (κ1) is 16.9. The SMILES string of the molecule is CC(C)c1cnc(NC(=O)N2CCOC(Cc3ccccc3)C2)s1. The fourth-order valence-electron chi connectivity index (χ4n) is 2.69. The highest BCUT2D eigenvalue weighted by atomic mass is 32.1. The summed E-state index contributed by atoms with van der Waals surface area (Å²) in [6.45, 7) is 6.02. The molecule has 2 aromatic rings. The van der Waals surface area contributed by atoms with Crippen LogP contribution in [0, 0.1) is 0 Å². The van der Waals surface area contributed by atoms with Gasteiger partial charge < -0.3 is 9.64 Å². The fourth-order valence-corrected chi connectivity index (χ4v) is 3.49. The van der Waals surface area contributed by atoms with E-state index < -0.39 is 0 Å². The van der Waals surface area contributed by atoms with Crippen molar-refractivity contribution in [3.63, 3.8) is 0 Å². The molecule has 1 unspecified atom stereocenters. The molecule has 2 amide bonds. The number of nitrogens with one attached hydrogen (secondary N) is 1. The predicted octanol–water partition coefficient (Wildman–Crippen LogP) is 3.74. The molecule has 0 saturated carbocycles. The first-order chi connectivity index (χ1) is 11.6. The van der Waals surface area contributed by atoms with E-state index in [2.05, 4.69) is 36.3 Å². The minimum Gasteiger partial charge on any atom is -0.374 e. The van der Waals surface area contributed by atoms with Gasteiger partial charge in [-0.3, -0.25) is 5.32 Å². The Morgan fingerprint density at radius 2 is 2.21 bits per heavy atom. The zero-order valence-electron chi connectivity index (χ0n) is 14.1. The van der Waals surface area contributed by atoms with Crippen LogP contribution in [0.15, 0.2) is 36.5 Å². The van der Waals surface area contributed by atoms with E-state index >= 15 is 0 Å². The van der Waals surface area contributed by atoms with Crippen LogP contribution in [0.25, 0.3) is 0 Å². The molecule has 0 aliphatic carbocycles. The van der Waals surface area contributed by atoms with Crippen molar-refractivity contribution in [1.29, 1.82) is 0 Å². The Bertz CT molecular complexity index is 672. The van der Waals surface area contributed by atoms with Crippen LogP contribution < -0.4 is 5.32 Å². The number of rotatable bonds is 4. The molecule has 24 heavy (non-hydrogen) atoms. The monoisotopic (exact) mass is 345 g/mol. The lowest BCUT2D eigenvalue weighted by molar-refractivity contribution is -0.0113. The molecule has 5 nitrogen and oxygen atoms in total. The molecule has 2 heterocycles. The maximum Gasteiger partial charge on any atom is 0.323 e. The molecule has 1 atom stereocenters. The van der Waals surface area contributed by atoms with Crippen molar-refractivity contribution >= 4 is 22.5 Å². The van der Waals surface area contributed by atoms with Crippen LogP contribution >= 0.6 is 11.3 Å². The summed E-state index contributed by atoms with van der Waals surface area (Å²) >= 11 is 1.54. The Kier molecular flexibility index (Phi) is 5.48. The van der Waals surface area contributed by atoms with Gasteiger partial charge in [0.2, 0.25) is 0 Å². The Morgan fingerprint density at radius 1 is 1.42 bits per heavy atom. The van der Waals surface area contributed by atoms with Gasteiger partial charge >= 0.3 is 6.03 Å². The summed E-state index contributed by atoms with van der Waals surface area (Å²) in [5.41, 5.74) is 1.23. The van der Waals surface area contributed by atoms with Crippen molar-refractivity contribution in [2.24, 2.45) is 0 Å². The number of carbonyl (C=O) groups is 1. The van der Waals surface area contributed by atoms with Gasteiger partial charge in [-0.25, -0.2) is 9.78 Å². The molecule has 0 radical (unpaired) electrons. The molecule has 1 saturated heterocycles. The lowest BCUT2D eigenvalue weighted by atomic mass is 10.1. The number of benzene rings is 1. The van der Waals surface area contributed by atoms with Crippen molar-refractivity contribution in [1.82, 2.24) is 9.88 Å². The molecule has 3 rings (SSSR count). The highest BCUT2D eigenvalue weighted by Crippen LogP contribution is 2.25. The van der Waals surface area contributed by atoms with Gasteiger partial charge in [0.1, 0.15) is 0 Å². The Balaban J connectivity index is 1.56. The van der Waals surface area contributed by atoms with Crippen LogP contribution in [0.3, 0.4) is 0 Å². The summed E-state index contributed by atoms with van der Waals surface area (Å²) in [4.78, 5) is 19.7. The van der Waals surface area contributed by atoms with E-state index in [-0.39, 0.29) is 12.1 Å². The summed E-state index contributed by atoms with van der Waals surface area (Å²) in [6.07, 6.45) is 2.69. The molecule has 1 aliphatic rings. The number of ether oxygens (including phenoxy) is 1. The van der Waals surface area contributed by atoms with E-state index in [9.17, 15) is 4.79 Å². The molecular weight excluding hydrogens is 322 g/mol. The van der Waals surface area contributed by atoms with Gasteiger partial charge in [0.15, 0.2) is 5.13 Å². The van der Waals surface area contributed by atoms with E-state index in [1.807, 2.05) is 29.3 Å². The fraction of sp³-hybridized carbons (Fsp3) is 0.444. The van der Waals surface area contributed by atoms with Gasteiger partial charge in [-0.2, -0.15) is 0 Å². The molecule has 1 fully saturated rings. The molecule has 6 heteroatoms. The topological polar surface area (TPSA) is 54.5 Å². The minimum absolute atomic E-state index is 0.0365. The predicted molar refractivity (Wildman–Crippen MR) is 96.7 cm³/mol. The van der Waals surface area contributed by atoms with Crippen molar-refractivity contribution in [2.45, 2.75) is 32.3 Å². The van der Waals surface area contributed by atoms with Gasteiger partial charge in [0.25, 0.3) is 0 Å². The summed E-state index contributed by atoms with van der Waals surface area (Å²) < 4.78 is 5.81. The molecule has 128 valence electrons. The first-order valence-electron chi connectivity index (χ1n) is 8.29. The van der Waals surface area contributed by atoms with Crippen molar-refractivity contribution < 1.29 is 9.53 Å². The second-order valence-corrected chi connectivity index (χ2v) is 7.34. The average Bonchev–Trinajstić information content (AvgIpc) is 3.05. The number of morpholine rings is 1. The molecule has 1 aromatic carbocycles. The van der Waals surface area contributed by atoms with Crippen LogP contribution in [0.4, 0.5) is 9.93 Å². The number of amides is 2. The van der Waals surface area contributed by atoms with E-state index in [0.29, 0.717) is 30.7 Å². The summed E-state index contributed by atoms with van der Waals surface area (Å²) in [5.74, 6) is 0.423. The summed E-state index contributed by atoms with van der Waals surface area (Å²) in [5, 5.41) is 3.57. The molecule has 0 spiro atoms. The van der Waals surface area contributed by atoms with Gasteiger partial charge in [-0.1, -0.05) is 44.2 Å². The summed E-state index contributed by atoms with van der Waals surface area (Å²) in [7, 11) is 0. The standard InChI is InChI=1S/C18H23N3O2S/c1-13(2)16-11-19-17(24-16)20-18(22)21-8-9-23-15(12-21)10-14-6-4-3-5-7-14/h3-7,11,13,15H,8-10,12H2,1-2H3,(H,19,20,22). The molecule has 1 aliphatic heterocycles. The number of urea groups is 1. The zero-order valence-corrected chi connectivity index (χ0v) is 14.9. The van der Waals surface area contributed by atoms with Gasteiger partial charge in [0.05, 0.1) is 12.7 Å². The number of aromatic nitrogens is 1. The van der Waals surface area contributed by atoms with Crippen LogP contribution in [0.5, 0.6) is 0 Å². The van der Waals surface area contributed by atoms with Gasteiger partial charge in [-0.15, -0.1) is 11.3 Å². The Morgan fingerprint density at radius 3 is 2.92 bits per heavy atom. The second kappa shape index (κ2) is 7.77. The number of thiazole rings is 1. The second-order valence-electron chi connectivity index (χ2n) is 6.28. The van der Waals surface area contributed by atoms with Gasteiger partial charge in [-0.05, 0) is 11.5 Å².